The van der Waals surface area contributed by atoms with E-state index in [4.69, 9.17) is 0 Å². The third kappa shape index (κ3) is 1.72. The zero-order chi connectivity index (χ0) is 18.7. The Bertz CT molecular complexity index is 1240. The van der Waals surface area contributed by atoms with Gasteiger partial charge in [0, 0.05) is 55.2 Å². The van der Waals surface area contributed by atoms with E-state index in [1.165, 1.54) is 24.2 Å². The van der Waals surface area contributed by atoms with Crippen molar-refractivity contribution in [1.29, 1.82) is 0 Å². The summed E-state index contributed by atoms with van der Waals surface area (Å²) in [4.78, 5) is 2.91. The topological polar surface area (TPSA) is 8.17 Å². The maximum absolute atomic E-state index is 2.91. The molecule has 0 N–H and O–H groups in total. The summed E-state index contributed by atoms with van der Waals surface area (Å²) in [6, 6.07) is 19.6. The highest BCUT2D eigenvalue weighted by Crippen LogP contribution is 2.51. The Kier molecular flexibility index (Phi) is 2.54. The molecule has 2 atom stereocenters. The van der Waals surface area contributed by atoms with Crippen LogP contribution in [-0.4, -0.2) is 15.5 Å². The van der Waals surface area contributed by atoms with Gasteiger partial charge in [-0.15, -0.1) is 0 Å². The SMILES string of the molecule is C1=C2Cc3cccc4c3C[C@@]35Cc6c(cccc6CC(C1)N23)Cc1ccc(n15)C4. The van der Waals surface area contributed by atoms with Crippen LogP contribution in [0.1, 0.15) is 51.2 Å². The van der Waals surface area contributed by atoms with Crippen LogP contribution in [0.2, 0.25) is 0 Å². The summed E-state index contributed by atoms with van der Waals surface area (Å²) in [6.45, 7) is 0. The fourth-order valence-electron chi connectivity index (χ4n) is 7.41. The molecular formula is C27H24N2. The van der Waals surface area contributed by atoms with Crippen LogP contribution < -0.4 is 0 Å². The van der Waals surface area contributed by atoms with Crippen molar-refractivity contribution in [2.24, 2.45) is 0 Å². The molecule has 6 heterocycles. The van der Waals surface area contributed by atoms with E-state index in [1.54, 1.807) is 39.1 Å². The van der Waals surface area contributed by atoms with Gasteiger partial charge in [0.25, 0.3) is 0 Å². The summed E-state index contributed by atoms with van der Waals surface area (Å²) in [5.41, 5.74) is 14.2. The van der Waals surface area contributed by atoms with Crippen molar-refractivity contribution >= 4 is 0 Å². The van der Waals surface area contributed by atoms with Crippen molar-refractivity contribution in [3.8, 4) is 0 Å². The third-order valence-corrected chi connectivity index (χ3v) is 8.44. The summed E-state index contributed by atoms with van der Waals surface area (Å²) < 4.78 is 2.81. The number of allylic oxidation sites excluding steroid dienone is 1. The first-order chi connectivity index (χ1) is 14.3. The van der Waals surface area contributed by atoms with E-state index in [0.717, 1.165) is 32.1 Å². The number of hydrogen-bond acceptors (Lipinski definition) is 1. The van der Waals surface area contributed by atoms with Crippen molar-refractivity contribution < 1.29 is 0 Å². The van der Waals surface area contributed by atoms with E-state index < -0.39 is 0 Å². The summed E-state index contributed by atoms with van der Waals surface area (Å²) in [6.07, 6.45) is 10.5. The molecule has 0 aliphatic carbocycles. The molecule has 0 saturated carbocycles. The predicted octanol–water partition coefficient (Wildman–Crippen LogP) is 4.51. The van der Waals surface area contributed by atoms with Crippen molar-refractivity contribution in [2.75, 3.05) is 0 Å². The van der Waals surface area contributed by atoms with Crippen molar-refractivity contribution in [2.45, 2.75) is 56.7 Å². The number of rotatable bonds is 0. The van der Waals surface area contributed by atoms with Gasteiger partial charge in [0.05, 0.1) is 0 Å². The Labute approximate surface area is 171 Å². The fraction of sp³-hybridized carbons (Fsp3) is 0.333. The minimum Gasteiger partial charge on any atom is -0.348 e. The first kappa shape index (κ1) is 15.1. The second-order valence-electron chi connectivity index (χ2n) is 9.79. The zero-order valence-electron chi connectivity index (χ0n) is 16.6. The molecule has 8 rings (SSSR count). The average Bonchev–Trinajstić information content (AvgIpc) is 3.12. The second-order valence-corrected chi connectivity index (χ2v) is 9.79. The fourth-order valence-corrected chi connectivity index (χ4v) is 7.41. The van der Waals surface area contributed by atoms with Crippen molar-refractivity contribution in [1.82, 2.24) is 9.47 Å². The number of nitrogens with zero attached hydrogens (tertiary/aromatic N) is 2. The molecule has 2 heteroatoms. The maximum Gasteiger partial charge on any atom is 0.125 e. The van der Waals surface area contributed by atoms with Crippen LogP contribution in [0.3, 0.4) is 0 Å². The highest BCUT2D eigenvalue weighted by molar-refractivity contribution is 5.51. The molecule has 2 nitrogen and oxygen atoms in total. The first-order valence-electron chi connectivity index (χ1n) is 11.2. The van der Waals surface area contributed by atoms with Crippen molar-refractivity contribution in [3.63, 3.8) is 0 Å². The van der Waals surface area contributed by atoms with Crippen LogP contribution in [0, 0.1) is 0 Å². The lowest BCUT2D eigenvalue weighted by Gasteiger charge is -2.47. The third-order valence-electron chi connectivity index (χ3n) is 8.44. The predicted molar refractivity (Wildman–Crippen MR) is 114 cm³/mol. The second kappa shape index (κ2) is 4.87. The summed E-state index contributed by atoms with van der Waals surface area (Å²) >= 11 is 0. The molecule has 0 radical (unpaired) electrons. The van der Waals surface area contributed by atoms with Crippen LogP contribution in [0.15, 0.2) is 60.3 Å². The summed E-state index contributed by atoms with van der Waals surface area (Å²) in [7, 11) is 0. The van der Waals surface area contributed by atoms with Gasteiger partial charge < -0.3 is 9.47 Å². The largest absolute Gasteiger partial charge is 0.348 e. The smallest absolute Gasteiger partial charge is 0.125 e. The molecule has 5 aliphatic heterocycles. The molecule has 1 unspecified atom stereocenters. The molecule has 0 saturated heterocycles. The average molecular weight is 377 g/mol. The Morgan fingerprint density at radius 2 is 1.34 bits per heavy atom. The molecule has 29 heavy (non-hydrogen) atoms. The monoisotopic (exact) mass is 376 g/mol. The van der Waals surface area contributed by atoms with Crippen LogP contribution in [-0.2, 0) is 44.2 Å². The molecular weight excluding hydrogens is 352 g/mol. The van der Waals surface area contributed by atoms with Gasteiger partial charge in [-0.1, -0.05) is 42.5 Å². The molecule has 1 spiro atoms. The highest BCUT2D eigenvalue weighted by Gasteiger charge is 2.52. The van der Waals surface area contributed by atoms with Gasteiger partial charge in [0.1, 0.15) is 5.66 Å². The van der Waals surface area contributed by atoms with Gasteiger partial charge in [0.15, 0.2) is 0 Å². The van der Waals surface area contributed by atoms with E-state index in [9.17, 15) is 0 Å². The lowest BCUT2D eigenvalue weighted by atomic mass is 9.87. The van der Waals surface area contributed by atoms with Crippen LogP contribution in [0.4, 0.5) is 0 Å². The zero-order valence-corrected chi connectivity index (χ0v) is 16.6. The van der Waals surface area contributed by atoms with E-state index in [0.29, 0.717) is 6.04 Å². The maximum atomic E-state index is 2.91. The van der Waals surface area contributed by atoms with Gasteiger partial charge in [0.2, 0.25) is 0 Å². The summed E-state index contributed by atoms with van der Waals surface area (Å²) in [5.74, 6) is 0. The van der Waals surface area contributed by atoms with Gasteiger partial charge in [-0.2, -0.15) is 0 Å². The lowest BCUT2D eigenvalue weighted by Crippen LogP contribution is -2.54. The minimum absolute atomic E-state index is 0.0247. The van der Waals surface area contributed by atoms with E-state index in [-0.39, 0.29) is 5.66 Å². The molecule has 5 aliphatic rings. The number of hydrogen-bond donors (Lipinski definition) is 0. The normalized spacial score (nSPS) is 27.0. The van der Waals surface area contributed by atoms with Gasteiger partial charge >= 0.3 is 0 Å². The van der Waals surface area contributed by atoms with E-state index in [2.05, 4.69) is 64.1 Å². The lowest BCUT2D eigenvalue weighted by molar-refractivity contribution is 0.0278. The van der Waals surface area contributed by atoms with Crippen LogP contribution >= 0.6 is 0 Å². The van der Waals surface area contributed by atoms with Gasteiger partial charge in [-0.3, -0.25) is 0 Å². The first-order valence-corrected chi connectivity index (χ1v) is 11.2. The standard InChI is InChI=1S/C27H24N2/c1-3-17-11-21-7-9-23-13-19-5-2-6-20-14-24-10-8-22-12-18(4-1)25(17)15-27(28(21)23,29(22)24)16-26(19)20/h1-9,24H,10-16H2/t24?,27-/m0/s1. The quantitative estimate of drug-likeness (QED) is 0.561. The number of aromatic nitrogens is 1. The van der Waals surface area contributed by atoms with Crippen LogP contribution in [0.25, 0.3) is 0 Å². The molecule has 0 fully saturated rings. The summed E-state index contributed by atoms with van der Waals surface area (Å²) in [5, 5.41) is 0. The molecule has 3 aromatic rings. The molecule has 1 aromatic heterocycles. The van der Waals surface area contributed by atoms with Gasteiger partial charge in [-0.25, -0.2) is 0 Å². The Morgan fingerprint density at radius 3 is 2.07 bits per heavy atom. The molecule has 142 valence electrons. The Balaban J connectivity index is 1.55. The minimum atomic E-state index is 0.0247. The Morgan fingerprint density at radius 1 is 0.724 bits per heavy atom. The van der Waals surface area contributed by atoms with Crippen LogP contribution in [0.5, 0.6) is 0 Å². The van der Waals surface area contributed by atoms with E-state index >= 15 is 0 Å². The number of benzene rings is 2. The molecule has 0 amide bonds. The molecule has 2 aromatic carbocycles. The molecule has 3 bridgehead atoms. The highest BCUT2D eigenvalue weighted by atomic mass is 15.4. The van der Waals surface area contributed by atoms with Gasteiger partial charge in [-0.05, 0) is 58.4 Å². The van der Waals surface area contributed by atoms with Crippen molar-refractivity contribution in [3.05, 3.63) is 105 Å². The Hall–Kier alpha value is -2.74. The van der Waals surface area contributed by atoms with E-state index in [1.807, 2.05) is 0 Å².